The van der Waals surface area contributed by atoms with Crippen LogP contribution in [0.2, 0.25) is 0 Å². The number of anilines is 1. The average molecular weight is 450 g/mol. The SMILES string of the molecule is CCOc1cc(C(=O)Oc2ccc(C(=O)Nc3ccccc3)cc2)cc(OCC)c1OCC. The van der Waals surface area contributed by atoms with Crippen LogP contribution in [0.25, 0.3) is 0 Å². The van der Waals surface area contributed by atoms with E-state index in [2.05, 4.69) is 5.32 Å². The number of para-hydroxylation sites is 1. The van der Waals surface area contributed by atoms with Gasteiger partial charge in [-0.25, -0.2) is 4.79 Å². The lowest BCUT2D eigenvalue weighted by molar-refractivity contribution is 0.0733. The largest absolute Gasteiger partial charge is 0.490 e. The summed E-state index contributed by atoms with van der Waals surface area (Å²) in [5.74, 6) is 0.734. The number of rotatable bonds is 10. The summed E-state index contributed by atoms with van der Waals surface area (Å²) in [6.45, 7) is 6.77. The lowest BCUT2D eigenvalue weighted by Crippen LogP contribution is -2.13. The molecule has 1 N–H and O–H groups in total. The summed E-state index contributed by atoms with van der Waals surface area (Å²) < 4.78 is 22.5. The fourth-order valence-corrected chi connectivity index (χ4v) is 3.07. The highest BCUT2D eigenvalue weighted by Gasteiger charge is 2.20. The van der Waals surface area contributed by atoms with Crippen LogP contribution < -0.4 is 24.3 Å². The molecule has 0 aliphatic heterocycles. The third-order valence-electron chi connectivity index (χ3n) is 4.50. The Hall–Kier alpha value is -4.00. The van der Waals surface area contributed by atoms with E-state index in [1.54, 1.807) is 48.5 Å². The van der Waals surface area contributed by atoms with Crippen LogP contribution in [0.4, 0.5) is 5.69 Å². The summed E-state index contributed by atoms with van der Waals surface area (Å²) in [4.78, 5) is 25.2. The first kappa shape index (κ1) is 23.7. The van der Waals surface area contributed by atoms with Crippen LogP contribution in [0.3, 0.4) is 0 Å². The molecule has 7 nitrogen and oxygen atoms in total. The Labute approximate surface area is 193 Å². The molecule has 3 aromatic carbocycles. The Bertz CT molecular complexity index is 1050. The molecule has 33 heavy (non-hydrogen) atoms. The van der Waals surface area contributed by atoms with Gasteiger partial charge in [-0.3, -0.25) is 4.79 Å². The van der Waals surface area contributed by atoms with Gasteiger partial charge in [-0.15, -0.1) is 0 Å². The van der Waals surface area contributed by atoms with Crippen molar-refractivity contribution in [2.24, 2.45) is 0 Å². The number of ether oxygens (including phenoxy) is 4. The summed E-state index contributed by atoms with van der Waals surface area (Å²) in [7, 11) is 0. The highest BCUT2D eigenvalue weighted by Crippen LogP contribution is 2.39. The molecule has 172 valence electrons. The Kier molecular flexibility index (Phi) is 8.30. The monoisotopic (exact) mass is 449 g/mol. The molecule has 3 aromatic rings. The lowest BCUT2D eigenvalue weighted by Gasteiger charge is -2.16. The summed E-state index contributed by atoms with van der Waals surface area (Å²) in [6.07, 6.45) is 0. The number of carbonyl (C=O) groups is 2. The van der Waals surface area contributed by atoms with Gasteiger partial charge >= 0.3 is 5.97 Å². The Morgan fingerprint density at radius 3 is 1.85 bits per heavy atom. The van der Waals surface area contributed by atoms with Crippen LogP contribution in [0.5, 0.6) is 23.0 Å². The molecule has 0 saturated heterocycles. The number of amides is 1. The number of hydrogen-bond donors (Lipinski definition) is 1. The predicted molar refractivity (Wildman–Crippen MR) is 126 cm³/mol. The minimum Gasteiger partial charge on any atom is -0.490 e. The minimum atomic E-state index is -0.582. The van der Waals surface area contributed by atoms with Gasteiger partial charge < -0.3 is 24.3 Å². The summed E-state index contributed by atoms with van der Waals surface area (Å²) in [5.41, 5.74) is 1.40. The molecule has 3 rings (SSSR count). The number of esters is 1. The van der Waals surface area contributed by atoms with Gasteiger partial charge in [0, 0.05) is 11.3 Å². The van der Waals surface area contributed by atoms with Crippen LogP contribution in [-0.2, 0) is 0 Å². The Morgan fingerprint density at radius 1 is 0.727 bits per heavy atom. The first-order chi connectivity index (χ1) is 16.0. The van der Waals surface area contributed by atoms with Crippen molar-refractivity contribution in [2.75, 3.05) is 25.1 Å². The standard InChI is InChI=1S/C26H27NO6/c1-4-30-22-16-19(17-23(31-5-2)24(22)32-6-3)26(29)33-21-14-12-18(13-15-21)25(28)27-20-10-8-7-9-11-20/h7-17H,4-6H2,1-3H3,(H,27,28). The zero-order valence-electron chi connectivity index (χ0n) is 18.9. The van der Waals surface area contributed by atoms with Gasteiger partial charge in [-0.05, 0) is 69.3 Å². The second-order valence-corrected chi connectivity index (χ2v) is 6.83. The second-order valence-electron chi connectivity index (χ2n) is 6.83. The fraction of sp³-hybridized carbons (Fsp3) is 0.231. The molecular weight excluding hydrogens is 422 g/mol. The highest BCUT2D eigenvalue weighted by atomic mass is 16.5. The quantitative estimate of drug-likeness (QED) is 0.332. The van der Waals surface area contributed by atoms with E-state index in [4.69, 9.17) is 18.9 Å². The van der Waals surface area contributed by atoms with Crippen LogP contribution in [-0.4, -0.2) is 31.7 Å². The van der Waals surface area contributed by atoms with E-state index < -0.39 is 5.97 Å². The molecule has 0 fully saturated rings. The fourth-order valence-electron chi connectivity index (χ4n) is 3.07. The van der Waals surface area contributed by atoms with Gasteiger partial charge in [-0.1, -0.05) is 18.2 Å². The summed E-state index contributed by atoms with van der Waals surface area (Å²) in [6, 6.07) is 18.6. The highest BCUT2D eigenvalue weighted by molar-refractivity contribution is 6.04. The molecule has 0 bridgehead atoms. The van der Waals surface area contributed by atoms with E-state index in [1.165, 1.54) is 0 Å². The normalized spacial score (nSPS) is 10.3. The van der Waals surface area contributed by atoms with Crippen molar-refractivity contribution in [3.8, 4) is 23.0 Å². The van der Waals surface area contributed by atoms with Gasteiger partial charge in [-0.2, -0.15) is 0 Å². The molecule has 0 atom stereocenters. The Balaban J connectivity index is 1.75. The predicted octanol–water partition coefficient (Wildman–Crippen LogP) is 5.35. The van der Waals surface area contributed by atoms with Crippen molar-refractivity contribution in [1.29, 1.82) is 0 Å². The average Bonchev–Trinajstić information content (AvgIpc) is 2.82. The minimum absolute atomic E-state index is 0.256. The van der Waals surface area contributed by atoms with E-state index in [-0.39, 0.29) is 11.5 Å². The van der Waals surface area contributed by atoms with Gasteiger partial charge in [0.15, 0.2) is 11.5 Å². The first-order valence-electron chi connectivity index (χ1n) is 10.8. The molecule has 0 heterocycles. The van der Waals surface area contributed by atoms with Crippen molar-refractivity contribution in [2.45, 2.75) is 20.8 Å². The van der Waals surface area contributed by atoms with E-state index in [1.807, 2.05) is 39.0 Å². The number of nitrogens with one attached hydrogen (secondary N) is 1. The van der Waals surface area contributed by atoms with E-state index in [9.17, 15) is 9.59 Å². The molecule has 0 saturated carbocycles. The first-order valence-corrected chi connectivity index (χ1v) is 10.8. The van der Waals surface area contributed by atoms with Gasteiger partial charge in [0.25, 0.3) is 5.91 Å². The van der Waals surface area contributed by atoms with Crippen LogP contribution in [0, 0.1) is 0 Å². The zero-order chi connectivity index (χ0) is 23.6. The molecule has 0 unspecified atom stereocenters. The van der Waals surface area contributed by atoms with Gasteiger partial charge in [0.05, 0.1) is 25.4 Å². The molecular formula is C26H27NO6. The van der Waals surface area contributed by atoms with Gasteiger partial charge in [0.2, 0.25) is 5.75 Å². The van der Waals surface area contributed by atoms with Crippen molar-refractivity contribution in [3.05, 3.63) is 77.9 Å². The van der Waals surface area contributed by atoms with Crippen LogP contribution in [0.1, 0.15) is 41.5 Å². The maximum atomic E-state index is 12.8. The van der Waals surface area contributed by atoms with Crippen molar-refractivity contribution in [1.82, 2.24) is 0 Å². The maximum Gasteiger partial charge on any atom is 0.343 e. The third-order valence-corrected chi connectivity index (χ3v) is 4.50. The van der Waals surface area contributed by atoms with Crippen LogP contribution >= 0.6 is 0 Å². The van der Waals surface area contributed by atoms with E-state index >= 15 is 0 Å². The van der Waals surface area contributed by atoms with Crippen molar-refractivity contribution in [3.63, 3.8) is 0 Å². The van der Waals surface area contributed by atoms with E-state index in [0.717, 1.165) is 0 Å². The number of benzene rings is 3. The van der Waals surface area contributed by atoms with Gasteiger partial charge in [0.1, 0.15) is 5.75 Å². The molecule has 7 heteroatoms. The van der Waals surface area contributed by atoms with Crippen LogP contribution in [0.15, 0.2) is 66.7 Å². The smallest absolute Gasteiger partial charge is 0.343 e. The molecule has 0 spiro atoms. The number of hydrogen-bond acceptors (Lipinski definition) is 6. The zero-order valence-corrected chi connectivity index (χ0v) is 18.9. The summed E-state index contributed by atoms with van der Waals surface area (Å²) in [5, 5.41) is 2.81. The van der Waals surface area contributed by atoms with Crippen molar-refractivity contribution >= 4 is 17.6 Å². The Morgan fingerprint density at radius 2 is 1.30 bits per heavy atom. The topological polar surface area (TPSA) is 83.1 Å². The molecule has 0 aliphatic rings. The molecule has 0 radical (unpaired) electrons. The third kappa shape index (κ3) is 6.26. The van der Waals surface area contributed by atoms with E-state index in [0.29, 0.717) is 54.1 Å². The molecule has 0 aromatic heterocycles. The molecule has 1 amide bonds. The van der Waals surface area contributed by atoms with Crippen molar-refractivity contribution < 1.29 is 28.5 Å². The lowest BCUT2D eigenvalue weighted by atomic mass is 10.1. The second kappa shape index (κ2) is 11.6. The maximum absolute atomic E-state index is 12.8. The number of carbonyl (C=O) groups excluding carboxylic acids is 2. The summed E-state index contributed by atoms with van der Waals surface area (Å²) >= 11 is 0. The molecule has 0 aliphatic carbocycles.